The van der Waals surface area contributed by atoms with E-state index in [0.717, 1.165) is 17.0 Å². The Morgan fingerprint density at radius 1 is 1.37 bits per heavy atom. The summed E-state index contributed by atoms with van der Waals surface area (Å²) < 4.78 is 0. The lowest BCUT2D eigenvalue weighted by molar-refractivity contribution is -0.131. The first-order valence-electron chi connectivity index (χ1n) is 6.84. The third kappa shape index (κ3) is 2.93. The van der Waals surface area contributed by atoms with Gasteiger partial charge >= 0.3 is 0 Å². The van der Waals surface area contributed by atoms with Crippen LogP contribution in [-0.4, -0.2) is 23.4 Å². The zero-order valence-electron chi connectivity index (χ0n) is 11.7. The molecule has 0 radical (unpaired) electrons. The first kappa shape index (κ1) is 14.4. The van der Waals surface area contributed by atoms with E-state index in [1.54, 1.807) is 0 Å². The molecule has 104 valence electrons. The SMILES string of the molecule is CCC(C)C(C)N1C(=O)CNC1c1ccc(Cl)cc1. The van der Waals surface area contributed by atoms with Gasteiger partial charge in [0.05, 0.1) is 6.54 Å². The number of hydrogen-bond acceptors (Lipinski definition) is 2. The Hall–Kier alpha value is -1.06. The molecule has 1 aliphatic rings. The van der Waals surface area contributed by atoms with Crippen LogP contribution >= 0.6 is 11.6 Å². The van der Waals surface area contributed by atoms with E-state index in [4.69, 9.17) is 11.6 Å². The number of nitrogens with zero attached hydrogens (tertiary/aromatic N) is 1. The molecule has 1 fully saturated rings. The van der Waals surface area contributed by atoms with E-state index in [-0.39, 0.29) is 18.1 Å². The van der Waals surface area contributed by atoms with Crippen molar-refractivity contribution in [1.82, 2.24) is 10.2 Å². The molecule has 3 unspecified atom stereocenters. The molecule has 1 amide bonds. The first-order valence-corrected chi connectivity index (χ1v) is 7.22. The van der Waals surface area contributed by atoms with Crippen LogP contribution in [0.4, 0.5) is 0 Å². The molecule has 1 heterocycles. The number of hydrogen-bond donors (Lipinski definition) is 1. The zero-order valence-corrected chi connectivity index (χ0v) is 12.4. The van der Waals surface area contributed by atoms with E-state index >= 15 is 0 Å². The van der Waals surface area contributed by atoms with Crippen LogP contribution in [-0.2, 0) is 4.79 Å². The molecule has 1 N–H and O–H groups in total. The second kappa shape index (κ2) is 5.93. The van der Waals surface area contributed by atoms with Gasteiger partial charge in [0, 0.05) is 11.1 Å². The molecule has 3 atom stereocenters. The largest absolute Gasteiger partial charge is 0.319 e. The summed E-state index contributed by atoms with van der Waals surface area (Å²) in [5, 5.41) is 4.00. The monoisotopic (exact) mass is 280 g/mol. The van der Waals surface area contributed by atoms with E-state index in [1.807, 2.05) is 29.2 Å². The maximum absolute atomic E-state index is 12.1. The molecule has 0 aromatic heterocycles. The minimum absolute atomic E-state index is 0.0335. The molecule has 1 saturated heterocycles. The molecule has 0 bridgehead atoms. The predicted octanol–water partition coefficient (Wildman–Crippen LogP) is 3.21. The van der Waals surface area contributed by atoms with Crippen LogP contribution in [0.1, 0.15) is 38.9 Å². The standard InChI is InChI=1S/C15H21ClN2O/c1-4-10(2)11(3)18-14(19)9-17-15(18)12-5-7-13(16)8-6-12/h5-8,10-11,15,17H,4,9H2,1-3H3. The number of carbonyl (C=O) groups excluding carboxylic acids is 1. The number of rotatable bonds is 4. The summed E-state index contributed by atoms with van der Waals surface area (Å²) in [6.45, 7) is 6.89. The summed E-state index contributed by atoms with van der Waals surface area (Å²) in [4.78, 5) is 14.1. The topological polar surface area (TPSA) is 32.3 Å². The van der Waals surface area contributed by atoms with Crippen molar-refractivity contribution in [3.8, 4) is 0 Å². The highest BCUT2D eigenvalue weighted by Gasteiger charge is 2.36. The average molecular weight is 281 g/mol. The molecule has 0 aliphatic carbocycles. The highest BCUT2D eigenvalue weighted by atomic mass is 35.5. The van der Waals surface area contributed by atoms with E-state index < -0.39 is 0 Å². The van der Waals surface area contributed by atoms with Crippen LogP contribution in [0.3, 0.4) is 0 Å². The zero-order chi connectivity index (χ0) is 14.0. The minimum Gasteiger partial charge on any atom is -0.319 e. The summed E-state index contributed by atoms with van der Waals surface area (Å²) in [5.74, 6) is 0.659. The average Bonchev–Trinajstić information content (AvgIpc) is 2.79. The fourth-order valence-corrected chi connectivity index (χ4v) is 2.64. The van der Waals surface area contributed by atoms with Crippen LogP contribution in [0.15, 0.2) is 24.3 Å². The second-order valence-electron chi connectivity index (χ2n) is 5.26. The van der Waals surface area contributed by atoms with Crippen molar-refractivity contribution >= 4 is 17.5 Å². The van der Waals surface area contributed by atoms with Crippen molar-refractivity contribution in [2.45, 2.75) is 39.4 Å². The number of halogens is 1. The highest BCUT2D eigenvalue weighted by Crippen LogP contribution is 2.29. The number of benzene rings is 1. The van der Waals surface area contributed by atoms with E-state index in [2.05, 4.69) is 26.1 Å². The Kier molecular flexibility index (Phi) is 4.48. The molecule has 3 nitrogen and oxygen atoms in total. The summed E-state index contributed by atoms with van der Waals surface area (Å²) >= 11 is 5.92. The van der Waals surface area contributed by atoms with Crippen molar-refractivity contribution in [2.75, 3.05) is 6.54 Å². The van der Waals surface area contributed by atoms with Crippen LogP contribution in [0.2, 0.25) is 5.02 Å². The fraction of sp³-hybridized carbons (Fsp3) is 0.533. The smallest absolute Gasteiger partial charge is 0.238 e. The van der Waals surface area contributed by atoms with Crippen molar-refractivity contribution in [3.05, 3.63) is 34.9 Å². The van der Waals surface area contributed by atoms with Crippen molar-refractivity contribution < 1.29 is 4.79 Å². The molecule has 1 aliphatic heterocycles. The minimum atomic E-state index is -0.0335. The van der Waals surface area contributed by atoms with Gasteiger partial charge in [0.25, 0.3) is 0 Å². The lowest BCUT2D eigenvalue weighted by atomic mass is 9.98. The Morgan fingerprint density at radius 3 is 2.58 bits per heavy atom. The first-order chi connectivity index (χ1) is 9.04. The maximum Gasteiger partial charge on any atom is 0.238 e. The third-order valence-corrected chi connectivity index (χ3v) is 4.36. The summed E-state index contributed by atoms with van der Waals surface area (Å²) in [6.07, 6.45) is 1.03. The third-order valence-electron chi connectivity index (χ3n) is 4.10. The van der Waals surface area contributed by atoms with Crippen molar-refractivity contribution in [1.29, 1.82) is 0 Å². The molecule has 4 heteroatoms. The molecular weight excluding hydrogens is 260 g/mol. The Bertz CT molecular complexity index is 446. The number of amides is 1. The highest BCUT2D eigenvalue weighted by molar-refractivity contribution is 6.30. The number of nitrogens with one attached hydrogen (secondary N) is 1. The van der Waals surface area contributed by atoms with Crippen LogP contribution in [0.5, 0.6) is 0 Å². The van der Waals surface area contributed by atoms with Gasteiger partial charge in [-0.25, -0.2) is 0 Å². The van der Waals surface area contributed by atoms with E-state index in [0.29, 0.717) is 12.5 Å². The molecule has 0 spiro atoms. The fourth-order valence-electron chi connectivity index (χ4n) is 2.52. The number of carbonyl (C=O) groups is 1. The lowest BCUT2D eigenvalue weighted by Crippen LogP contribution is -2.41. The van der Waals surface area contributed by atoms with Gasteiger partial charge in [-0.1, -0.05) is 44.0 Å². The molecule has 19 heavy (non-hydrogen) atoms. The van der Waals surface area contributed by atoms with Crippen LogP contribution < -0.4 is 5.32 Å². The quantitative estimate of drug-likeness (QED) is 0.919. The Balaban J connectivity index is 2.24. The second-order valence-corrected chi connectivity index (χ2v) is 5.70. The maximum atomic E-state index is 12.1. The van der Waals surface area contributed by atoms with Gasteiger partial charge < -0.3 is 4.90 Å². The molecule has 1 aromatic carbocycles. The normalized spacial score (nSPS) is 22.6. The van der Waals surface area contributed by atoms with Gasteiger partial charge in [0.1, 0.15) is 6.17 Å². The molecular formula is C15H21ClN2O. The summed E-state index contributed by atoms with van der Waals surface area (Å²) in [5.41, 5.74) is 1.09. The van der Waals surface area contributed by atoms with E-state index in [9.17, 15) is 4.79 Å². The van der Waals surface area contributed by atoms with Crippen LogP contribution in [0, 0.1) is 5.92 Å². The molecule has 0 saturated carbocycles. The van der Waals surface area contributed by atoms with Crippen molar-refractivity contribution in [2.24, 2.45) is 5.92 Å². The summed E-state index contributed by atoms with van der Waals surface area (Å²) in [6, 6.07) is 7.93. The Morgan fingerprint density at radius 2 is 2.00 bits per heavy atom. The van der Waals surface area contributed by atoms with Gasteiger partial charge in [0.15, 0.2) is 0 Å². The lowest BCUT2D eigenvalue weighted by Gasteiger charge is -2.34. The van der Waals surface area contributed by atoms with Gasteiger partial charge in [0.2, 0.25) is 5.91 Å². The van der Waals surface area contributed by atoms with Crippen LogP contribution in [0.25, 0.3) is 0 Å². The summed E-state index contributed by atoms with van der Waals surface area (Å²) in [7, 11) is 0. The van der Waals surface area contributed by atoms with Gasteiger partial charge in [-0.2, -0.15) is 0 Å². The van der Waals surface area contributed by atoms with Gasteiger partial charge in [-0.3, -0.25) is 10.1 Å². The molecule has 1 aromatic rings. The van der Waals surface area contributed by atoms with E-state index in [1.165, 1.54) is 0 Å². The van der Waals surface area contributed by atoms with Gasteiger partial charge in [-0.05, 0) is 30.5 Å². The Labute approximate surface area is 119 Å². The van der Waals surface area contributed by atoms with Gasteiger partial charge in [-0.15, -0.1) is 0 Å². The van der Waals surface area contributed by atoms with Crippen molar-refractivity contribution in [3.63, 3.8) is 0 Å². The molecule has 2 rings (SSSR count). The predicted molar refractivity (Wildman–Crippen MR) is 78.0 cm³/mol.